The van der Waals surface area contributed by atoms with Gasteiger partial charge in [-0.1, -0.05) is 18.5 Å². The van der Waals surface area contributed by atoms with E-state index in [1.807, 2.05) is 13.0 Å². The van der Waals surface area contributed by atoms with Crippen molar-refractivity contribution in [1.29, 1.82) is 5.26 Å². The van der Waals surface area contributed by atoms with Gasteiger partial charge in [0.25, 0.3) is 0 Å². The van der Waals surface area contributed by atoms with Gasteiger partial charge in [0, 0.05) is 19.1 Å². The van der Waals surface area contributed by atoms with Crippen molar-refractivity contribution in [3.63, 3.8) is 0 Å². The fourth-order valence-corrected chi connectivity index (χ4v) is 4.83. The van der Waals surface area contributed by atoms with Gasteiger partial charge in [-0.15, -0.1) is 0 Å². The number of sulfonamides is 1. The van der Waals surface area contributed by atoms with E-state index in [0.717, 1.165) is 12.8 Å². The van der Waals surface area contributed by atoms with E-state index in [2.05, 4.69) is 0 Å². The first-order valence-electron chi connectivity index (χ1n) is 6.83. The summed E-state index contributed by atoms with van der Waals surface area (Å²) in [5.41, 5.74) is 6.02. The standard InChI is InChI=1S/C14H18ClN3O2S/c1-10-3-2-6-18(14(10)9-17)21(19,20)12-5-4-11(8-16)13(15)7-12/h4-5,7,10,14H,2-3,6,9,17H2,1H3. The predicted octanol–water partition coefficient (Wildman–Crippen LogP) is 1.96. The molecule has 1 saturated heterocycles. The molecule has 0 aromatic heterocycles. The van der Waals surface area contributed by atoms with Gasteiger partial charge < -0.3 is 5.73 Å². The molecule has 0 saturated carbocycles. The highest BCUT2D eigenvalue weighted by Crippen LogP contribution is 2.30. The summed E-state index contributed by atoms with van der Waals surface area (Å²) in [7, 11) is -3.64. The number of benzene rings is 1. The molecule has 0 spiro atoms. The van der Waals surface area contributed by atoms with Crippen LogP contribution in [0.3, 0.4) is 0 Å². The van der Waals surface area contributed by atoms with E-state index < -0.39 is 10.0 Å². The average molecular weight is 328 g/mol. The molecule has 1 aromatic carbocycles. The van der Waals surface area contributed by atoms with E-state index in [1.165, 1.54) is 22.5 Å². The Labute approximate surface area is 130 Å². The number of nitrogens with zero attached hydrogens (tertiary/aromatic N) is 2. The van der Waals surface area contributed by atoms with Crippen molar-refractivity contribution >= 4 is 21.6 Å². The number of halogens is 1. The van der Waals surface area contributed by atoms with Crippen molar-refractivity contribution in [3.05, 3.63) is 28.8 Å². The molecule has 21 heavy (non-hydrogen) atoms. The summed E-state index contributed by atoms with van der Waals surface area (Å²) >= 11 is 5.94. The Morgan fingerprint density at radius 3 is 2.81 bits per heavy atom. The summed E-state index contributed by atoms with van der Waals surface area (Å²) < 4.78 is 27.0. The van der Waals surface area contributed by atoms with Gasteiger partial charge in [0.1, 0.15) is 6.07 Å². The second-order valence-electron chi connectivity index (χ2n) is 5.29. The molecule has 2 N–H and O–H groups in total. The van der Waals surface area contributed by atoms with Crippen LogP contribution in [0.1, 0.15) is 25.3 Å². The van der Waals surface area contributed by atoms with Crippen molar-refractivity contribution in [2.75, 3.05) is 13.1 Å². The zero-order valence-electron chi connectivity index (χ0n) is 11.8. The lowest BCUT2D eigenvalue weighted by molar-refractivity contribution is 0.192. The molecule has 1 aromatic rings. The van der Waals surface area contributed by atoms with Gasteiger partial charge in [-0.2, -0.15) is 9.57 Å². The summed E-state index contributed by atoms with van der Waals surface area (Å²) in [5.74, 6) is 0.229. The van der Waals surface area contributed by atoms with Gasteiger partial charge in [-0.05, 0) is 37.0 Å². The molecule has 114 valence electrons. The lowest BCUT2D eigenvalue weighted by Gasteiger charge is -2.38. The molecule has 0 amide bonds. The van der Waals surface area contributed by atoms with Crippen molar-refractivity contribution < 1.29 is 8.42 Å². The zero-order valence-corrected chi connectivity index (χ0v) is 13.4. The maximum atomic E-state index is 12.8. The Balaban J connectivity index is 2.41. The van der Waals surface area contributed by atoms with Crippen LogP contribution in [0.25, 0.3) is 0 Å². The SMILES string of the molecule is CC1CCCN(S(=O)(=O)c2ccc(C#N)c(Cl)c2)C1CN. The number of rotatable bonds is 3. The predicted molar refractivity (Wildman–Crippen MR) is 81.3 cm³/mol. The minimum Gasteiger partial charge on any atom is -0.329 e. The summed E-state index contributed by atoms with van der Waals surface area (Å²) in [5, 5.41) is 9.01. The minimum absolute atomic E-state index is 0.110. The van der Waals surface area contributed by atoms with Gasteiger partial charge in [-0.3, -0.25) is 0 Å². The Kier molecular flexibility index (Phi) is 4.89. The quantitative estimate of drug-likeness (QED) is 0.919. The third-order valence-corrected chi connectivity index (χ3v) is 6.21. The summed E-state index contributed by atoms with van der Waals surface area (Å²) in [6.45, 7) is 2.78. The fraction of sp³-hybridized carbons (Fsp3) is 0.500. The number of hydrogen-bond acceptors (Lipinski definition) is 4. The molecule has 2 unspecified atom stereocenters. The largest absolute Gasteiger partial charge is 0.329 e. The summed E-state index contributed by atoms with van der Waals surface area (Å²) in [4.78, 5) is 0.110. The molecular formula is C14H18ClN3O2S. The zero-order chi connectivity index (χ0) is 15.6. The Morgan fingerprint density at radius 1 is 1.52 bits per heavy atom. The molecule has 0 radical (unpaired) electrons. The highest BCUT2D eigenvalue weighted by atomic mass is 35.5. The first kappa shape index (κ1) is 16.2. The van der Waals surface area contributed by atoms with Gasteiger partial charge in [-0.25, -0.2) is 8.42 Å². The van der Waals surface area contributed by atoms with Gasteiger partial charge >= 0.3 is 0 Å². The van der Waals surface area contributed by atoms with E-state index >= 15 is 0 Å². The molecule has 1 aliphatic rings. The second kappa shape index (κ2) is 6.32. The Bertz CT molecular complexity index is 669. The molecular weight excluding hydrogens is 310 g/mol. The van der Waals surface area contributed by atoms with Gasteiger partial charge in [0.15, 0.2) is 0 Å². The Hall–Kier alpha value is -1.13. The van der Waals surface area contributed by atoms with Crippen LogP contribution in [-0.4, -0.2) is 31.9 Å². The van der Waals surface area contributed by atoms with E-state index in [1.54, 1.807) is 0 Å². The van der Waals surface area contributed by atoms with Crippen LogP contribution in [-0.2, 0) is 10.0 Å². The van der Waals surface area contributed by atoms with Crippen LogP contribution in [0.15, 0.2) is 23.1 Å². The van der Waals surface area contributed by atoms with Crippen LogP contribution in [0, 0.1) is 17.2 Å². The van der Waals surface area contributed by atoms with E-state index in [4.69, 9.17) is 22.6 Å². The number of nitriles is 1. The lowest BCUT2D eigenvalue weighted by Crippen LogP contribution is -2.51. The van der Waals surface area contributed by atoms with Crippen LogP contribution in [0.2, 0.25) is 5.02 Å². The number of nitrogens with two attached hydrogens (primary N) is 1. The number of piperidine rings is 1. The lowest BCUT2D eigenvalue weighted by atomic mass is 9.93. The molecule has 5 nitrogen and oxygen atoms in total. The van der Waals surface area contributed by atoms with Crippen molar-refractivity contribution in [1.82, 2.24) is 4.31 Å². The van der Waals surface area contributed by atoms with Gasteiger partial charge in [0.2, 0.25) is 10.0 Å². The van der Waals surface area contributed by atoms with Crippen LogP contribution >= 0.6 is 11.6 Å². The monoisotopic (exact) mass is 327 g/mol. The summed E-state index contributed by atoms with van der Waals surface area (Å²) in [6.07, 6.45) is 1.79. The van der Waals surface area contributed by atoms with Crippen molar-refractivity contribution in [3.8, 4) is 6.07 Å². The van der Waals surface area contributed by atoms with Crippen LogP contribution < -0.4 is 5.73 Å². The average Bonchev–Trinajstić information content (AvgIpc) is 2.46. The molecule has 0 bridgehead atoms. The minimum atomic E-state index is -3.64. The second-order valence-corrected chi connectivity index (χ2v) is 7.59. The summed E-state index contributed by atoms with van der Waals surface area (Å²) in [6, 6.07) is 5.91. The molecule has 2 rings (SSSR count). The number of hydrogen-bond donors (Lipinski definition) is 1. The van der Waals surface area contributed by atoms with Crippen LogP contribution in [0.4, 0.5) is 0 Å². The third-order valence-electron chi connectivity index (χ3n) is 3.97. The smallest absolute Gasteiger partial charge is 0.243 e. The molecule has 7 heteroatoms. The molecule has 1 aliphatic heterocycles. The van der Waals surface area contributed by atoms with Crippen LogP contribution in [0.5, 0.6) is 0 Å². The third kappa shape index (κ3) is 3.06. The first-order valence-corrected chi connectivity index (χ1v) is 8.65. The highest BCUT2D eigenvalue weighted by molar-refractivity contribution is 7.89. The fourth-order valence-electron chi connectivity index (χ4n) is 2.74. The highest BCUT2D eigenvalue weighted by Gasteiger charge is 2.36. The molecule has 1 fully saturated rings. The van der Waals surface area contributed by atoms with Crippen molar-refractivity contribution in [2.24, 2.45) is 11.7 Å². The maximum Gasteiger partial charge on any atom is 0.243 e. The van der Waals surface area contributed by atoms with E-state index in [9.17, 15) is 8.42 Å². The van der Waals surface area contributed by atoms with E-state index in [-0.39, 0.29) is 27.4 Å². The molecule has 2 atom stereocenters. The maximum absolute atomic E-state index is 12.8. The van der Waals surface area contributed by atoms with E-state index in [0.29, 0.717) is 13.1 Å². The van der Waals surface area contributed by atoms with Gasteiger partial charge in [0.05, 0.1) is 15.5 Å². The molecule has 0 aliphatic carbocycles. The Morgan fingerprint density at radius 2 is 2.24 bits per heavy atom. The molecule has 1 heterocycles. The first-order chi connectivity index (χ1) is 9.91. The topological polar surface area (TPSA) is 87.2 Å². The normalized spacial score (nSPS) is 23.7. The van der Waals surface area contributed by atoms with Crippen molar-refractivity contribution in [2.45, 2.75) is 30.7 Å².